The number of nitrogens with zero attached hydrogens (tertiary/aromatic N) is 1. The van der Waals surface area contributed by atoms with Gasteiger partial charge in [0.1, 0.15) is 5.75 Å². The lowest BCUT2D eigenvalue weighted by molar-refractivity contribution is -0.139. The van der Waals surface area contributed by atoms with Crippen LogP contribution in [-0.2, 0) is 4.79 Å². The third-order valence-corrected chi connectivity index (χ3v) is 4.29. The van der Waals surface area contributed by atoms with Crippen molar-refractivity contribution in [2.45, 2.75) is 18.6 Å². The maximum atomic E-state index is 12.6. The van der Waals surface area contributed by atoms with Gasteiger partial charge in [0, 0.05) is 24.8 Å². The molecule has 2 aromatic carbocycles. The SMILES string of the molecule is COc1cccc(C(O)C(=O)N2CCC(Nc3ccccc3)C2)c1. The van der Waals surface area contributed by atoms with Crippen LogP contribution in [0.2, 0.25) is 0 Å². The van der Waals surface area contributed by atoms with Crippen LogP contribution in [0, 0.1) is 0 Å². The van der Waals surface area contributed by atoms with E-state index < -0.39 is 6.10 Å². The second-order valence-electron chi connectivity index (χ2n) is 5.96. The molecular weight excluding hydrogens is 304 g/mol. The van der Waals surface area contributed by atoms with Crippen LogP contribution in [0.3, 0.4) is 0 Å². The first-order valence-electron chi connectivity index (χ1n) is 8.10. The first-order valence-corrected chi connectivity index (χ1v) is 8.10. The lowest BCUT2D eigenvalue weighted by atomic mass is 10.1. The van der Waals surface area contributed by atoms with Crippen molar-refractivity contribution in [2.75, 3.05) is 25.5 Å². The number of ether oxygens (including phenoxy) is 1. The predicted octanol–water partition coefficient (Wildman–Crippen LogP) is 2.44. The highest BCUT2D eigenvalue weighted by Crippen LogP contribution is 2.23. The zero-order valence-electron chi connectivity index (χ0n) is 13.7. The van der Waals surface area contributed by atoms with Gasteiger partial charge in [-0.05, 0) is 36.2 Å². The highest BCUT2D eigenvalue weighted by atomic mass is 16.5. The van der Waals surface area contributed by atoms with E-state index in [-0.39, 0.29) is 11.9 Å². The number of methoxy groups -OCH3 is 1. The molecule has 1 heterocycles. The van der Waals surface area contributed by atoms with E-state index in [1.807, 2.05) is 30.3 Å². The van der Waals surface area contributed by atoms with Gasteiger partial charge in [-0.25, -0.2) is 0 Å². The first kappa shape index (κ1) is 16.3. The molecule has 0 bridgehead atoms. The summed E-state index contributed by atoms with van der Waals surface area (Å²) in [4.78, 5) is 14.3. The summed E-state index contributed by atoms with van der Waals surface area (Å²) in [5.41, 5.74) is 1.60. The maximum Gasteiger partial charge on any atom is 0.256 e. The highest BCUT2D eigenvalue weighted by molar-refractivity contribution is 5.82. The second-order valence-corrected chi connectivity index (χ2v) is 5.96. The van der Waals surface area contributed by atoms with Crippen molar-refractivity contribution >= 4 is 11.6 Å². The Bertz CT molecular complexity index is 690. The van der Waals surface area contributed by atoms with Crippen LogP contribution >= 0.6 is 0 Å². The maximum absolute atomic E-state index is 12.6. The monoisotopic (exact) mass is 326 g/mol. The van der Waals surface area contributed by atoms with Crippen molar-refractivity contribution in [1.29, 1.82) is 0 Å². The van der Waals surface area contributed by atoms with Gasteiger partial charge < -0.3 is 20.1 Å². The number of amides is 1. The number of hydrogen-bond acceptors (Lipinski definition) is 4. The minimum Gasteiger partial charge on any atom is -0.497 e. The molecule has 2 atom stereocenters. The van der Waals surface area contributed by atoms with Crippen LogP contribution in [0.1, 0.15) is 18.1 Å². The van der Waals surface area contributed by atoms with Crippen molar-refractivity contribution in [1.82, 2.24) is 4.90 Å². The summed E-state index contributed by atoms with van der Waals surface area (Å²) in [5.74, 6) is 0.366. The molecular formula is C19H22N2O3. The minimum atomic E-state index is -1.16. The minimum absolute atomic E-state index is 0.203. The molecule has 0 spiro atoms. The van der Waals surface area contributed by atoms with E-state index in [2.05, 4.69) is 5.32 Å². The van der Waals surface area contributed by atoms with Crippen molar-refractivity contribution in [3.63, 3.8) is 0 Å². The summed E-state index contributed by atoms with van der Waals surface area (Å²) in [5, 5.41) is 13.8. The molecule has 1 fully saturated rings. The number of carbonyl (C=O) groups is 1. The van der Waals surface area contributed by atoms with Gasteiger partial charge in [0.05, 0.1) is 7.11 Å². The number of rotatable bonds is 5. The molecule has 3 rings (SSSR count). The Labute approximate surface area is 141 Å². The number of para-hydroxylation sites is 1. The fourth-order valence-electron chi connectivity index (χ4n) is 2.98. The Balaban J connectivity index is 1.61. The van der Waals surface area contributed by atoms with E-state index in [0.717, 1.165) is 12.1 Å². The summed E-state index contributed by atoms with van der Waals surface area (Å²) in [7, 11) is 1.56. The normalized spacial score (nSPS) is 18.2. The quantitative estimate of drug-likeness (QED) is 0.886. The molecule has 5 heteroatoms. The van der Waals surface area contributed by atoms with Crippen LogP contribution < -0.4 is 10.1 Å². The van der Waals surface area contributed by atoms with Crippen molar-refractivity contribution in [2.24, 2.45) is 0 Å². The Morgan fingerprint density at radius 3 is 2.79 bits per heavy atom. The summed E-state index contributed by atoms with van der Waals surface area (Å²) in [6.45, 7) is 1.24. The van der Waals surface area contributed by atoms with Crippen molar-refractivity contribution in [3.8, 4) is 5.75 Å². The molecule has 5 nitrogen and oxygen atoms in total. The summed E-state index contributed by atoms with van der Waals surface area (Å²) in [6.07, 6.45) is -0.290. The van der Waals surface area contributed by atoms with Crippen LogP contribution in [0.25, 0.3) is 0 Å². The molecule has 0 saturated carbocycles. The van der Waals surface area contributed by atoms with Gasteiger partial charge in [0.2, 0.25) is 0 Å². The van der Waals surface area contributed by atoms with Crippen LogP contribution in [-0.4, -0.2) is 42.2 Å². The number of likely N-dealkylation sites (tertiary alicyclic amines) is 1. The summed E-state index contributed by atoms with van der Waals surface area (Å²) >= 11 is 0. The smallest absolute Gasteiger partial charge is 0.256 e. The number of aliphatic hydroxyl groups is 1. The number of aliphatic hydroxyl groups excluding tert-OH is 1. The number of nitrogens with one attached hydrogen (secondary N) is 1. The molecule has 1 saturated heterocycles. The van der Waals surface area contributed by atoms with E-state index in [0.29, 0.717) is 24.4 Å². The average molecular weight is 326 g/mol. The van der Waals surface area contributed by atoms with Crippen molar-refractivity contribution < 1.29 is 14.6 Å². The molecule has 0 aliphatic carbocycles. The van der Waals surface area contributed by atoms with E-state index in [4.69, 9.17) is 4.74 Å². The molecule has 1 aliphatic heterocycles. The van der Waals surface area contributed by atoms with E-state index in [1.165, 1.54) is 0 Å². The highest BCUT2D eigenvalue weighted by Gasteiger charge is 2.30. The molecule has 126 valence electrons. The largest absolute Gasteiger partial charge is 0.497 e. The van der Waals surface area contributed by atoms with Crippen LogP contribution in [0.5, 0.6) is 5.75 Å². The van der Waals surface area contributed by atoms with E-state index in [1.54, 1.807) is 36.3 Å². The lowest BCUT2D eigenvalue weighted by Gasteiger charge is -2.21. The Hall–Kier alpha value is -2.53. The Kier molecular flexibility index (Phi) is 5.01. The van der Waals surface area contributed by atoms with Gasteiger partial charge in [-0.2, -0.15) is 0 Å². The van der Waals surface area contributed by atoms with Gasteiger partial charge >= 0.3 is 0 Å². The van der Waals surface area contributed by atoms with Gasteiger partial charge in [-0.1, -0.05) is 30.3 Å². The van der Waals surface area contributed by atoms with Gasteiger partial charge in [-0.15, -0.1) is 0 Å². The van der Waals surface area contributed by atoms with E-state index >= 15 is 0 Å². The zero-order chi connectivity index (χ0) is 16.9. The third-order valence-electron chi connectivity index (χ3n) is 4.29. The second kappa shape index (κ2) is 7.36. The standard InChI is InChI=1S/C19H22N2O3/c1-24-17-9-5-6-14(12-17)18(22)19(23)21-11-10-16(13-21)20-15-7-3-2-4-8-15/h2-9,12,16,18,20,22H,10-11,13H2,1H3. The topological polar surface area (TPSA) is 61.8 Å². The van der Waals surface area contributed by atoms with E-state index in [9.17, 15) is 9.90 Å². The molecule has 1 aliphatic rings. The van der Waals surface area contributed by atoms with Gasteiger partial charge in [0.25, 0.3) is 5.91 Å². The molecule has 2 aromatic rings. The van der Waals surface area contributed by atoms with Crippen LogP contribution in [0.15, 0.2) is 54.6 Å². The molecule has 2 N–H and O–H groups in total. The van der Waals surface area contributed by atoms with Gasteiger partial charge in [0.15, 0.2) is 6.10 Å². The number of hydrogen-bond donors (Lipinski definition) is 2. The fourth-order valence-corrected chi connectivity index (χ4v) is 2.98. The first-order chi connectivity index (χ1) is 11.7. The summed E-state index contributed by atoms with van der Waals surface area (Å²) in [6, 6.07) is 17.1. The Morgan fingerprint density at radius 2 is 2.04 bits per heavy atom. The summed E-state index contributed by atoms with van der Waals surface area (Å²) < 4.78 is 5.15. The predicted molar refractivity (Wildman–Crippen MR) is 93.0 cm³/mol. The number of anilines is 1. The van der Waals surface area contributed by atoms with Crippen LogP contribution in [0.4, 0.5) is 5.69 Å². The zero-order valence-corrected chi connectivity index (χ0v) is 13.7. The molecule has 1 amide bonds. The molecule has 24 heavy (non-hydrogen) atoms. The lowest BCUT2D eigenvalue weighted by Crippen LogP contribution is -2.35. The average Bonchev–Trinajstić information content (AvgIpc) is 3.10. The fraction of sp³-hybridized carbons (Fsp3) is 0.316. The Morgan fingerprint density at radius 1 is 1.25 bits per heavy atom. The number of benzene rings is 2. The molecule has 0 radical (unpaired) electrons. The number of carbonyl (C=O) groups excluding carboxylic acids is 1. The van der Waals surface area contributed by atoms with Crippen molar-refractivity contribution in [3.05, 3.63) is 60.2 Å². The molecule has 2 unspecified atom stereocenters. The molecule has 0 aromatic heterocycles. The third kappa shape index (κ3) is 3.68. The van der Waals surface area contributed by atoms with Gasteiger partial charge in [-0.3, -0.25) is 4.79 Å².